The van der Waals surface area contributed by atoms with Gasteiger partial charge in [0.1, 0.15) is 3.92 Å². The summed E-state index contributed by atoms with van der Waals surface area (Å²) in [6, 6.07) is 5.45. The van der Waals surface area contributed by atoms with Crippen LogP contribution >= 0.6 is 45.8 Å². The van der Waals surface area contributed by atoms with Gasteiger partial charge in [-0.1, -0.05) is 51.9 Å². The van der Waals surface area contributed by atoms with Crippen molar-refractivity contribution < 1.29 is 9.53 Å². The van der Waals surface area contributed by atoms with Gasteiger partial charge >= 0.3 is 5.97 Å². The van der Waals surface area contributed by atoms with Gasteiger partial charge in [-0.05, 0) is 17.7 Å². The number of ether oxygens (including phenoxy) is 1. The molecule has 1 rings (SSSR count). The summed E-state index contributed by atoms with van der Waals surface area (Å²) < 4.78 is 4.43. The Morgan fingerprint density at radius 2 is 2.18 bits per heavy atom. The van der Waals surface area contributed by atoms with E-state index < -0.39 is 0 Å². The first-order chi connectivity index (χ1) is 8.04. The number of halogens is 3. The zero-order valence-electron chi connectivity index (χ0n) is 9.17. The van der Waals surface area contributed by atoms with E-state index in [-0.39, 0.29) is 9.89 Å². The van der Waals surface area contributed by atoms with E-state index in [4.69, 9.17) is 23.2 Å². The highest BCUT2D eigenvalue weighted by Crippen LogP contribution is 2.22. The fourth-order valence-corrected chi connectivity index (χ4v) is 2.09. The average Bonchev–Trinajstić information content (AvgIpc) is 2.32. The summed E-state index contributed by atoms with van der Waals surface area (Å²) in [6.45, 7) is 1.18. The Morgan fingerprint density at radius 1 is 1.47 bits per heavy atom. The number of rotatable bonds is 5. The Bertz CT molecular complexity index is 401. The molecule has 1 N–H and O–H groups in total. The molecule has 0 aliphatic rings. The normalized spacial score (nSPS) is 12.2. The van der Waals surface area contributed by atoms with Gasteiger partial charge < -0.3 is 10.1 Å². The summed E-state index contributed by atoms with van der Waals surface area (Å²) in [7, 11) is 1.38. The second-order valence-electron chi connectivity index (χ2n) is 3.37. The van der Waals surface area contributed by atoms with E-state index in [1.54, 1.807) is 12.1 Å². The molecule has 0 spiro atoms. The molecule has 3 nitrogen and oxygen atoms in total. The lowest BCUT2D eigenvalue weighted by atomic mass is 10.2. The minimum Gasteiger partial charge on any atom is -0.468 e. The Morgan fingerprint density at radius 3 is 2.76 bits per heavy atom. The molecule has 1 aromatic carbocycles. The van der Waals surface area contributed by atoms with E-state index in [1.807, 2.05) is 28.7 Å². The zero-order valence-corrected chi connectivity index (χ0v) is 12.8. The molecule has 0 fully saturated rings. The van der Waals surface area contributed by atoms with Gasteiger partial charge in [0.25, 0.3) is 0 Å². The molecule has 0 amide bonds. The molecule has 94 valence electrons. The third kappa shape index (κ3) is 4.99. The predicted octanol–water partition coefficient (Wildman–Crippen LogP) is 3.06. The first-order valence-electron chi connectivity index (χ1n) is 4.91. The summed E-state index contributed by atoms with van der Waals surface area (Å²) in [6.07, 6.45) is 0. The Kier molecular flexibility index (Phi) is 6.54. The Balaban J connectivity index is 2.40. The van der Waals surface area contributed by atoms with Crippen LogP contribution in [0.4, 0.5) is 0 Å². The number of carbonyl (C=O) groups excluding carboxylic acids is 1. The second-order valence-corrected chi connectivity index (χ2v) is 5.69. The molecule has 1 unspecified atom stereocenters. The lowest BCUT2D eigenvalue weighted by Gasteiger charge is -2.09. The van der Waals surface area contributed by atoms with Gasteiger partial charge in [-0.25, -0.2) is 0 Å². The molecule has 0 aliphatic carbocycles. The molecule has 0 saturated heterocycles. The standard InChI is InChI=1S/C11H12Cl2INO2/c1-17-11(16)10(14)6-15-5-7-2-3-8(12)9(13)4-7/h2-4,10,15H,5-6H2,1H3. The highest BCUT2D eigenvalue weighted by Gasteiger charge is 2.13. The summed E-state index contributed by atoms with van der Waals surface area (Å²) in [5, 5.41) is 4.22. The minimum atomic E-state index is -0.229. The second kappa shape index (κ2) is 7.41. The van der Waals surface area contributed by atoms with Crippen LogP contribution in [-0.2, 0) is 16.1 Å². The maximum Gasteiger partial charge on any atom is 0.319 e. The van der Waals surface area contributed by atoms with E-state index in [1.165, 1.54) is 7.11 Å². The maximum absolute atomic E-state index is 11.1. The average molecular weight is 388 g/mol. The fraction of sp³-hybridized carbons (Fsp3) is 0.364. The number of esters is 1. The van der Waals surface area contributed by atoms with Crippen molar-refractivity contribution in [2.75, 3.05) is 13.7 Å². The van der Waals surface area contributed by atoms with Crippen LogP contribution in [-0.4, -0.2) is 23.5 Å². The number of carbonyl (C=O) groups is 1. The summed E-state index contributed by atoms with van der Waals surface area (Å²) >= 11 is 13.7. The van der Waals surface area contributed by atoms with Crippen molar-refractivity contribution in [1.82, 2.24) is 5.32 Å². The number of nitrogens with one attached hydrogen (secondary N) is 1. The van der Waals surface area contributed by atoms with Crippen LogP contribution in [0.2, 0.25) is 10.0 Å². The first-order valence-corrected chi connectivity index (χ1v) is 6.91. The monoisotopic (exact) mass is 387 g/mol. The summed E-state index contributed by atoms with van der Waals surface area (Å²) in [4.78, 5) is 11.1. The van der Waals surface area contributed by atoms with Gasteiger partial charge in [-0.2, -0.15) is 0 Å². The van der Waals surface area contributed by atoms with E-state index in [0.717, 1.165) is 5.56 Å². The topological polar surface area (TPSA) is 38.3 Å². The van der Waals surface area contributed by atoms with Crippen molar-refractivity contribution >= 4 is 51.8 Å². The number of alkyl halides is 1. The summed E-state index contributed by atoms with van der Waals surface area (Å²) in [5.74, 6) is -0.229. The minimum absolute atomic E-state index is 0.194. The first kappa shape index (κ1) is 15.0. The van der Waals surface area contributed by atoms with Crippen LogP contribution in [0.25, 0.3) is 0 Å². The van der Waals surface area contributed by atoms with Gasteiger partial charge in [0.05, 0.1) is 17.2 Å². The van der Waals surface area contributed by atoms with E-state index in [2.05, 4.69) is 10.1 Å². The third-order valence-corrected chi connectivity index (χ3v) is 3.78. The van der Waals surface area contributed by atoms with Crippen LogP contribution in [0.15, 0.2) is 18.2 Å². The molecular formula is C11H12Cl2INO2. The van der Waals surface area contributed by atoms with Gasteiger partial charge in [0.2, 0.25) is 0 Å². The molecule has 0 heterocycles. The maximum atomic E-state index is 11.1. The number of benzene rings is 1. The smallest absolute Gasteiger partial charge is 0.319 e. The van der Waals surface area contributed by atoms with E-state index in [0.29, 0.717) is 23.1 Å². The lowest BCUT2D eigenvalue weighted by molar-refractivity contribution is -0.139. The SMILES string of the molecule is COC(=O)C(I)CNCc1ccc(Cl)c(Cl)c1. The van der Waals surface area contributed by atoms with Crippen LogP contribution < -0.4 is 5.32 Å². The zero-order chi connectivity index (χ0) is 12.8. The molecule has 0 aromatic heterocycles. The predicted molar refractivity (Wildman–Crippen MR) is 78.0 cm³/mol. The summed E-state index contributed by atoms with van der Waals surface area (Å²) in [5.41, 5.74) is 1.02. The Labute approximate surface area is 124 Å². The highest BCUT2D eigenvalue weighted by molar-refractivity contribution is 14.1. The van der Waals surface area contributed by atoms with Gasteiger partial charge in [0.15, 0.2) is 0 Å². The molecule has 1 atom stereocenters. The highest BCUT2D eigenvalue weighted by atomic mass is 127. The number of methoxy groups -OCH3 is 1. The molecule has 1 aromatic rings. The van der Waals surface area contributed by atoms with Gasteiger partial charge in [-0.3, -0.25) is 4.79 Å². The van der Waals surface area contributed by atoms with Gasteiger partial charge in [0, 0.05) is 13.1 Å². The molecule has 0 bridgehead atoms. The molecule has 0 saturated carbocycles. The number of hydrogen-bond acceptors (Lipinski definition) is 3. The van der Waals surface area contributed by atoms with Crippen LogP contribution in [0.5, 0.6) is 0 Å². The fourth-order valence-electron chi connectivity index (χ4n) is 1.20. The van der Waals surface area contributed by atoms with Crippen molar-refractivity contribution in [3.05, 3.63) is 33.8 Å². The molecule has 6 heteroatoms. The van der Waals surface area contributed by atoms with Gasteiger partial charge in [-0.15, -0.1) is 0 Å². The molecular weight excluding hydrogens is 376 g/mol. The molecule has 17 heavy (non-hydrogen) atoms. The van der Waals surface area contributed by atoms with Crippen molar-refractivity contribution in [2.45, 2.75) is 10.5 Å². The van der Waals surface area contributed by atoms with E-state index >= 15 is 0 Å². The largest absolute Gasteiger partial charge is 0.468 e. The number of hydrogen-bond donors (Lipinski definition) is 1. The molecule has 0 radical (unpaired) electrons. The quantitative estimate of drug-likeness (QED) is 0.479. The van der Waals surface area contributed by atoms with Crippen LogP contribution in [0, 0.1) is 0 Å². The lowest BCUT2D eigenvalue weighted by Crippen LogP contribution is -2.29. The molecule has 0 aliphatic heterocycles. The van der Waals surface area contributed by atoms with E-state index in [9.17, 15) is 4.79 Å². The van der Waals surface area contributed by atoms with Crippen molar-refractivity contribution in [3.8, 4) is 0 Å². The Hall–Kier alpha value is -0.0400. The van der Waals surface area contributed by atoms with Crippen molar-refractivity contribution in [3.63, 3.8) is 0 Å². The van der Waals surface area contributed by atoms with Crippen LogP contribution in [0.3, 0.4) is 0 Å². The van der Waals surface area contributed by atoms with Crippen molar-refractivity contribution in [1.29, 1.82) is 0 Å². The van der Waals surface area contributed by atoms with Crippen molar-refractivity contribution in [2.24, 2.45) is 0 Å². The van der Waals surface area contributed by atoms with Crippen LogP contribution in [0.1, 0.15) is 5.56 Å². The third-order valence-electron chi connectivity index (χ3n) is 2.09.